The summed E-state index contributed by atoms with van der Waals surface area (Å²) in [7, 11) is 0. The first-order valence-corrected chi connectivity index (χ1v) is 5.81. The van der Waals surface area contributed by atoms with E-state index in [0.717, 1.165) is 25.8 Å². The molecule has 1 aromatic heterocycles. The molecule has 0 unspecified atom stereocenters. The van der Waals surface area contributed by atoms with Crippen LogP contribution in [0.2, 0.25) is 0 Å². The topological polar surface area (TPSA) is 17.8 Å². The van der Waals surface area contributed by atoms with Gasteiger partial charge in [-0.25, -0.2) is 0 Å². The van der Waals surface area contributed by atoms with Gasteiger partial charge < -0.3 is 0 Å². The number of hydrogen-bond acceptors (Lipinski definition) is 1. The van der Waals surface area contributed by atoms with Crippen molar-refractivity contribution >= 4 is 10.9 Å². The van der Waals surface area contributed by atoms with Gasteiger partial charge in [0.25, 0.3) is 0 Å². The highest BCUT2D eigenvalue weighted by molar-refractivity contribution is 5.81. The van der Waals surface area contributed by atoms with Crippen molar-refractivity contribution in [3.8, 4) is 0 Å². The van der Waals surface area contributed by atoms with Crippen LogP contribution in [0.25, 0.3) is 10.9 Å². The molecular formula is C13H18N2. The van der Waals surface area contributed by atoms with Crippen molar-refractivity contribution in [2.24, 2.45) is 0 Å². The number of aromatic nitrogens is 2. The van der Waals surface area contributed by atoms with Crippen molar-refractivity contribution in [2.75, 3.05) is 0 Å². The van der Waals surface area contributed by atoms with Crippen molar-refractivity contribution < 1.29 is 0 Å². The molecule has 2 aromatic rings. The summed E-state index contributed by atoms with van der Waals surface area (Å²) < 4.78 is 2.14. The molecule has 2 heteroatoms. The predicted octanol–water partition coefficient (Wildman–Crippen LogP) is 3.40. The number of nitrogens with zero attached hydrogens (tertiary/aromatic N) is 2. The summed E-state index contributed by atoms with van der Waals surface area (Å²) >= 11 is 0. The second-order valence-corrected chi connectivity index (χ2v) is 3.94. The van der Waals surface area contributed by atoms with Crippen LogP contribution >= 0.6 is 0 Å². The summed E-state index contributed by atoms with van der Waals surface area (Å²) in [6.45, 7) is 5.41. The Morgan fingerprint density at radius 1 is 1.13 bits per heavy atom. The van der Waals surface area contributed by atoms with Gasteiger partial charge in [0.15, 0.2) is 0 Å². The Kier molecular flexibility index (Phi) is 3.05. The Morgan fingerprint density at radius 3 is 2.67 bits per heavy atom. The zero-order chi connectivity index (χ0) is 10.7. The van der Waals surface area contributed by atoms with Crippen molar-refractivity contribution in [3.05, 3.63) is 30.0 Å². The summed E-state index contributed by atoms with van der Waals surface area (Å²) in [6, 6.07) is 8.53. The number of aryl methyl sites for hydroxylation is 2. The third kappa shape index (κ3) is 1.89. The van der Waals surface area contributed by atoms with E-state index in [1.54, 1.807) is 0 Å². The number of rotatable bonds is 4. The molecule has 0 spiro atoms. The van der Waals surface area contributed by atoms with Crippen LogP contribution in [-0.2, 0) is 13.0 Å². The van der Waals surface area contributed by atoms with Gasteiger partial charge in [0.05, 0.1) is 11.2 Å². The van der Waals surface area contributed by atoms with Crippen LogP contribution in [-0.4, -0.2) is 9.78 Å². The lowest BCUT2D eigenvalue weighted by molar-refractivity contribution is 0.610. The molecule has 2 nitrogen and oxygen atoms in total. The fourth-order valence-corrected chi connectivity index (χ4v) is 2.00. The molecule has 80 valence electrons. The van der Waals surface area contributed by atoms with Gasteiger partial charge in [0.2, 0.25) is 0 Å². The molecule has 0 saturated carbocycles. The minimum Gasteiger partial charge on any atom is -0.265 e. The maximum atomic E-state index is 4.69. The molecule has 0 bridgehead atoms. The maximum absolute atomic E-state index is 4.69. The minimum atomic E-state index is 1.02. The number of benzene rings is 1. The van der Waals surface area contributed by atoms with Gasteiger partial charge in [0, 0.05) is 11.9 Å². The fourth-order valence-electron chi connectivity index (χ4n) is 2.00. The first kappa shape index (κ1) is 10.2. The maximum Gasteiger partial charge on any atom is 0.0703 e. The highest BCUT2D eigenvalue weighted by Gasteiger charge is 2.07. The Morgan fingerprint density at radius 2 is 1.93 bits per heavy atom. The Bertz CT molecular complexity index is 403. The molecule has 15 heavy (non-hydrogen) atoms. The molecular weight excluding hydrogens is 184 g/mol. The highest BCUT2D eigenvalue weighted by Crippen LogP contribution is 2.19. The standard InChI is InChI=1S/C13H18N2/c1-3-7-12-11-8-5-6-9-13(11)15(14-12)10-4-2/h5-6,8-9H,3-4,7,10H2,1-2H3. The van der Waals surface area contributed by atoms with Gasteiger partial charge in [-0.1, -0.05) is 38.5 Å². The molecule has 0 atom stereocenters. The van der Waals surface area contributed by atoms with Crippen molar-refractivity contribution in [1.29, 1.82) is 0 Å². The van der Waals surface area contributed by atoms with Gasteiger partial charge in [-0.3, -0.25) is 4.68 Å². The summed E-state index contributed by atoms with van der Waals surface area (Å²) in [5, 5.41) is 6.01. The summed E-state index contributed by atoms with van der Waals surface area (Å²) in [4.78, 5) is 0. The van der Waals surface area contributed by atoms with E-state index in [2.05, 4.69) is 47.9 Å². The quantitative estimate of drug-likeness (QED) is 0.743. The summed E-state index contributed by atoms with van der Waals surface area (Å²) in [5.41, 5.74) is 2.53. The molecule has 0 aliphatic heterocycles. The second-order valence-electron chi connectivity index (χ2n) is 3.94. The average Bonchev–Trinajstić information content (AvgIpc) is 2.59. The Balaban J connectivity index is 2.52. The van der Waals surface area contributed by atoms with Crippen LogP contribution in [0.3, 0.4) is 0 Å². The van der Waals surface area contributed by atoms with E-state index in [1.807, 2.05) is 0 Å². The average molecular weight is 202 g/mol. The third-order valence-electron chi connectivity index (χ3n) is 2.66. The van der Waals surface area contributed by atoms with Gasteiger partial charge in [-0.15, -0.1) is 0 Å². The SMILES string of the molecule is CCCc1nn(CCC)c2ccccc12. The van der Waals surface area contributed by atoms with E-state index in [0.29, 0.717) is 0 Å². The Hall–Kier alpha value is -1.31. The van der Waals surface area contributed by atoms with Crippen LogP contribution < -0.4 is 0 Å². The monoisotopic (exact) mass is 202 g/mol. The van der Waals surface area contributed by atoms with Crippen LogP contribution in [0.15, 0.2) is 24.3 Å². The van der Waals surface area contributed by atoms with E-state index >= 15 is 0 Å². The minimum absolute atomic E-state index is 1.02. The van der Waals surface area contributed by atoms with Crippen LogP contribution in [0.4, 0.5) is 0 Å². The molecule has 0 amide bonds. The lowest BCUT2D eigenvalue weighted by atomic mass is 10.1. The molecule has 0 radical (unpaired) electrons. The lowest BCUT2D eigenvalue weighted by Crippen LogP contribution is -1.99. The molecule has 0 N–H and O–H groups in total. The lowest BCUT2D eigenvalue weighted by Gasteiger charge is -1.98. The Labute approximate surface area is 90.9 Å². The van der Waals surface area contributed by atoms with Crippen molar-refractivity contribution in [3.63, 3.8) is 0 Å². The van der Waals surface area contributed by atoms with E-state index < -0.39 is 0 Å². The van der Waals surface area contributed by atoms with Crippen LogP contribution in [0.5, 0.6) is 0 Å². The molecule has 0 fully saturated rings. The van der Waals surface area contributed by atoms with Gasteiger partial charge in [-0.05, 0) is 18.9 Å². The first-order chi connectivity index (χ1) is 7.36. The number of para-hydroxylation sites is 1. The van der Waals surface area contributed by atoms with Gasteiger partial charge >= 0.3 is 0 Å². The highest BCUT2D eigenvalue weighted by atomic mass is 15.3. The van der Waals surface area contributed by atoms with E-state index in [1.165, 1.54) is 16.6 Å². The van der Waals surface area contributed by atoms with E-state index in [4.69, 9.17) is 0 Å². The smallest absolute Gasteiger partial charge is 0.0703 e. The largest absolute Gasteiger partial charge is 0.265 e. The second kappa shape index (κ2) is 4.47. The normalized spacial score (nSPS) is 11.1. The van der Waals surface area contributed by atoms with Crippen molar-refractivity contribution in [2.45, 2.75) is 39.7 Å². The molecule has 2 rings (SSSR count). The van der Waals surface area contributed by atoms with Crippen LogP contribution in [0, 0.1) is 0 Å². The summed E-state index contributed by atoms with van der Waals surface area (Å²) in [5.74, 6) is 0. The van der Waals surface area contributed by atoms with Crippen LogP contribution in [0.1, 0.15) is 32.4 Å². The first-order valence-electron chi connectivity index (χ1n) is 5.81. The van der Waals surface area contributed by atoms with Crippen molar-refractivity contribution in [1.82, 2.24) is 9.78 Å². The zero-order valence-corrected chi connectivity index (χ0v) is 9.53. The van der Waals surface area contributed by atoms with E-state index in [9.17, 15) is 0 Å². The molecule has 1 aromatic carbocycles. The van der Waals surface area contributed by atoms with Gasteiger partial charge in [0.1, 0.15) is 0 Å². The number of fused-ring (bicyclic) bond motifs is 1. The van der Waals surface area contributed by atoms with E-state index in [-0.39, 0.29) is 0 Å². The fraction of sp³-hybridized carbons (Fsp3) is 0.462. The molecule has 0 aliphatic carbocycles. The number of hydrogen-bond donors (Lipinski definition) is 0. The van der Waals surface area contributed by atoms with Gasteiger partial charge in [-0.2, -0.15) is 5.10 Å². The molecule has 0 saturated heterocycles. The third-order valence-corrected chi connectivity index (χ3v) is 2.66. The zero-order valence-electron chi connectivity index (χ0n) is 9.53. The molecule has 1 heterocycles. The summed E-state index contributed by atoms with van der Waals surface area (Å²) in [6.07, 6.45) is 3.38. The molecule has 0 aliphatic rings. The predicted molar refractivity (Wildman–Crippen MR) is 64.0 cm³/mol.